The summed E-state index contributed by atoms with van der Waals surface area (Å²) in [5.74, 6) is -0.102. The number of piperidine rings is 1. The molecule has 1 aliphatic rings. The number of amides is 1. The maximum absolute atomic E-state index is 11.8. The SMILES string of the molecule is CS(=O)(=O)NCCC(=O)NC1CCN(c2ccccc2)CC1. The fourth-order valence-electron chi connectivity index (χ4n) is 2.57. The van der Waals surface area contributed by atoms with Crippen molar-refractivity contribution in [1.29, 1.82) is 0 Å². The van der Waals surface area contributed by atoms with Gasteiger partial charge < -0.3 is 10.2 Å². The van der Waals surface area contributed by atoms with Gasteiger partial charge >= 0.3 is 0 Å². The molecular weight excluding hydrogens is 302 g/mol. The van der Waals surface area contributed by atoms with Crippen LogP contribution < -0.4 is 14.9 Å². The van der Waals surface area contributed by atoms with Crippen molar-refractivity contribution in [2.45, 2.75) is 25.3 Å². The summed E-state index contributed by atoms with van der Waals surface area (Å²) in [6.07, 6.45) is 3.07. The van der Waals surface area contributed by atoms with E-state index in [1.807, 2.05) is 18.2 Å². The molecule has 0 unspecified atom stereocenters. The standard InChI is InChI=1S/C15H23N3O3S/c1-22(20,21)16-10-7-15(19)17-13-8-11-18(12-9-13)14-5-3-2-4-6-14/h2-6,13,16H,7-12H2,1H3,(H,17,19). The van der Waals surface area contributed by atoms with Crippen molar-refractivity contribution in [2.24, 2.45) is 0 Å². The highest BCUT2D eigenvalue weighted by Crippen LogP contribution is 2.19. The number of carbonyl (C=O) groups is 1. The van der Waals surface area contributed by atoms with Gasteiger partial charge in [-0.2, -0.15) is 0 Å². The molecule has 2 N–H and O–H groups in total. The average molecular weight is 325 g/mol. The molecule has 1 aromatic rings. The minimum Gasteiger partial charge on any atom is -0.371 e. The van der Waals surface area contributed by atoms with E-state index in [0.29, 0.717) is 0 Å². The molecule has 0 spiro atoms. The van der Waals surface area contributed by atoms with Crippen LogP contribution in [0.25, 0.3) is 0 Å². The summed E-state index contributed by atoms with van der Waals surface area (Å²) in [5.41, 5.74) is 1.21. The molecule has 0 aliphatic carbocycles. The van der Waals surface area contributed by atoms with Gasteiger partial charge in [0.25, 0.3) is 0 Å². The van der Waals surface area contributed by atoms with Gasteiger partial charge in [0.15, 0.2) is 0 Å². The van der Waals surface area contributed by atoms with Crippen LogP contribution in [0, 0.1) is 0 Å². The Morgan fingerprint density at radius 1 is 1.23 bits per heavy atom. The zero-order valence-corrected chi connectivity index (χ0v) is 13.6. The van der Waals surface area contributed by atoms with E-state index in [4.69, 9.17) is 0 Å². The zero-order valence-electron chi connectivity index (χ0n) is 12.8. The summed E-state index contributed by atoms with van der Waals surface area (Å²) >= 11 is 0. The van der Waals surface area contributed by atoms with Crippen LogP contribution in [0.4, 0.5) is 5.69 Å². The number of anilines is 1. The summed E-state index contributed by atoms with van der Waals surface area (Å²) in [6.45, 7) is 1.97. The van der Waals surface area contributed by atoms with Gasteiger partial charge in [-0.3, -0.25) is 4.79 Å². The molecule has 2 rings (SSSR count). The first kappa shape index (κ1) is 16.8. The van der Waals surface area contributed by atoms with Gasteiger partial charge in [0.1, 0.15) is 0 Å². The molecule has 1 aliphatic heterocycles. The Balaban J connectivity index is 1.70. The van der Waals surface area contributed by atoms with Gasteiger partial charge in [-0.05, 0) is 25.0 Å². The minimum atomic E-state index is -3.23. The normalized spacial score (nSPS) is 16.5. The lowest BCUT2D eigenvalue weighted by molar-refractivity contribution is -0.121. The molecule has 122 valence electrons. The van der Waals surface area contributed by atoms with Crippen LogP contribution in [0.2, 0.25) is 0 Å². The number of carbonyl (C=O) groups excluding carboxylic acids is 1. The molecule has 1 saturated heterocycles. The van der Waals surface area contributed by atoms with Crippen molar-refractivity contribution in [3.05, 3.63) is 30.3 Å². The molecule has 0 aromatic heterocycles. The second kappa shape index (κ2) is 7.60. The summed E-state index contributed by atoms with van der Waals surface area (Å²) in [7, 11) is -3.23. The first-order valence-corrected chi connectivity index (χ1v) is 9.37. The smallest absolute Gasteiger partial charge is 0.221 e. The van der Waals surface area contributed by atoms with E-state index in [0.717, 1.165) is 32.2 Å². The molecule has 22 heavy (non-hydrogen) atoms. The van der Waals surface area contributed by atoms with Gasteiger partial charge in [-0.1, -0.05) is 18.2 Å². The molecule has 1 heterocycles. The third kappa shape index (κ3) is 5.65. The lowest BCUT2D eigenvalue weighted by Gasteiger charge is -2.34. The zero-order chi connectivity index (χ0) is 16.0. The highest BCUT2D eigenvalue weighted by molar-refractivity contribution is 7.88. The Bertz CT molecular complexity index is 581. The molecule has 7 heteroatoms. The monoisotopic (exact) mass is 325 g/mol. The Hall–Kier alpha value is -1.60. The molecule has 0 bridgehead atoms. The van der Waals surface area contributed by atoms with Crippen molar-refractivity contribution >= 4 is 21.6 Å². The van der Waals surface area contributed by atoms with Crippen molar-refractivity contribution < 1.29 is 13.2 Å². The molecule has 0 atom stereocenters. The topological polar surface area (TPSA) is 78.5 Å². The van der Waals surface area contributed by atoms with Gasteiger partial charge in [0.2, 0.25) is 15.9 Å². The van der Waals surface area contributed by atoms with Crippen LogP contribution in [0.15, 0.2) is 30.3 Å². The van der Waals surface area contributed by atoms with E-state index in [1.165, 1.54) is 5.69 Å². The van der Waals surface area contributed by atoms with Gasteiger partial charge in [-0.15, -0.1) is 0 Å². The predicted octanol–water partition coefficient (Wildman–Crippen LogP) is 0.711. The molecular formula is C15H23N3O3S. The maximum Gasteiger partial charge on any atom is 0.221 e. The minimum absolute atomic E-state index is 0.102. The molecule has 6 nitrogen and oxygen atoms in total. The van der Waals surface area contributed by atoms with Crippen LogP contribution >= 0.6 is 0 Å². The Labute approximate surface area is 131 Å². The van der Waals surface area contributed by atoms with E-state index < -0.39 is 10.0 Å². The summed E-state index contributed by atoms with van der Waals surface area (Å²) in [5, 5.41) is 2.98. The van der Waals surface area contributed by atoms with E-state index in [1.54, 1.807) is 0 Å². The number of sulfonamides is 1. The maximum atomic E-state index is 11.8. The van der Waals surface area contributed by atoms with Gasteiger partial charge in [-0.25, -0.2) is 13.1 Å². The van der Waals surface area contributed by atoms with E-state index in [9.17, 15) is 13.2 Å². The van der Waals surface area contributed by atoms with Gasteiger partial charge in [0.05, 0.1) is 6.26 Å². The second-order valence-corrected chi connectivity index (χ2v) is 7.41. The molecule has 0 saturated carbocycles. The lowest BCUT2D eigenvalue weighted by Crippen LogP contribution is -2.45. The van der Waals surface area contributed by atoms with E-state index in [2.05, 4.69) is 27.1 Å². The summed E-state index contributed by atoms with van der Waals surface area (Å²) in [6, 6.07) is 10.4. The Morgan fingerprint density at radius 3 is 2.45 bits per heavy atom. The molecule has 1 aromatic carbocycles. The van der Waals surface area contributed by atoms with E-state index >= 15 is 0 Å². The number of para-hydroxylation sites is 1. The van der Waals surface area contributed by atoms with Crippen molar-refractivity contribution in [2.75, 3.05) is 30.8 Å². The summed E-state index contributed by atoms with van der Waals surface area (Å²) in [4.78, 5) is 14.1. The van der Waals surface area contributed by atoms with Crippen molar-refractivity contribution in [3.8, 4) is 0 Å². The number of benzene rings is 1. The quantitative estimate of drug-likeness (QED) is 0.807. The molecule has 0 radical (unpaired) electrons. The fraction of sp³-hybridized carbons (Fsp3) is 0.533. The first-order chi connectivity index (χ1) is 10.4. The third-order valence-electron chi connectivity index (χ3n) is 3.70. The van der Waals surface area contributed by atoms with Crippen LogP contribution in [-0.4, -0.2) is 46.3 Å². The van der Waals surface area contributed by atoms with Gasteiger partial charge in [0, 0.05) is 37.8 Å². The number of nitrogens with zero attached hydrogens (tertiary/aromatic N) is 1. The fourth-order valence-corrected chi connectivity index (χ4v) is 3.04. The van der Waals surface area contributed by atoms with Crippen molar-refractivity contribution in [1.82, 2.24) is 10.0 Å². The van der Waals surface area contributed by atoms with E-state index in [-0.39, 0.29) is 24.9 Å². The highest BCUT2D eigenvalue weighted by atomic mass is 32.2. The largest absolute Gasteiger partial charge is 0.371 e. The average Bonchev–Trinajstić information content (AvgIpc) is 2.47. The van der Waals surface area contributed by atoms with Crippen LogP contribution in [-0.2, 0) is 14.8 Å². The van der Waals surface area contributed by atoms with Crippen LogP contribution in [0.1, 0.15) is 19.3 Å². The number of hydrogen-bond donors (Lipinski definition) is 2. The summed E-state index contributed by atoms with van der Waals surface area (Å²) < 4.78 is 24.2. The Morgan fingerprint density at radius 2 is 1.86 bits per heavy atom. The predicted molar refractivity (Wildman–Crippen MR) is 87.3 cm³/mol. The second-order valence-electron chi connectivity index (χ2n) is 5.58. The molecule has 1 amide bonds. The Kier molecular flexibility index (Phi) is 5.79. The highest BCUT2D eigenvalue weighted by Gasteiger charge is 2.20. The third-order valence-corrected chi connectivity index (χ3v) is 4.43. The van der Waals surface area contributed by atoms with Crippen molar-refractivity contribution in [3.63, 3.8) is 0 Å². The van der Waals surface area contributed by atoms with Crippen LogP contribution in [0.5, 0.6) is 0 Å². The molecule has 1 fully saturated rings. The first-order valence-electron chi connectivity index (χ1n) is 7.48. The number of rotatable bonds is 6. The number of hydrogen-bond acceptors (Lipinski definition) is 4. The number of nitrogens with one attached hydrogen (secondary N) is 2. The van der Waals surface area contributed by atoms with Crippen LogP contribution in [0.3, 0.4) is 0 Å². The lowest BCUT2D eigenvalue weighted by atomic mass is 10.0.